The molecule has 0 radical (unpaired) electrons. The summed E-state index contributed by atoms with van der Waals surface area (Å²) in [6, 6.07) is 0.604. The number of nitrogens with one attached hydrogen (secondary N) is 2. The molecule has 98 valence electrons. The van der Waals surface area contributed by atoms with E-state index in [4.69, 9.17) is 0 Å². The van der Waals surface area contributed by atoms with Crippen LogP contribution in [0, 0.1) is 5.92 Å². The second kappa shape index (κ2) is 6.64. The Kier molecular flexibility index (Phi) is 5.48. The van der Waals surface area contributed by atoms with Crippen LogP contribution < -0.4 is 10.6 Å². The molecule has 0 amide bonds. The van der Waals surface area contributed by atoms with Crippen LogP contribution in [-0.4, -0.2) is 50.9 Å². The van der Waals surface area contributed by atoms with Gasteiger partial charge in [0.05, 0.1) is 0 Å². The van der Waals surface area contributed by atoms with Gasteiger partial charge in [0.1, 0.15) is 5.82 Å². The minimum atomic E-state index is 0.464. The van der Waals surface area contributed by atoms with Crippen molar-refractivity contribution in [3.05, 3.63) is 11.9 Å². The summed E-state index contributed by atoms with van der Waals surface area (Å²) in [7, 11) is 5.87. The highest BCUT2D eigenvalue weighted by Gasteiger charge is 2.22. The summed E-state index contributed by atoms with van der Waals surface area (Å²) in [6.45, 7) is 6.52. The second-order valence-electron chi connectivity index (χ2n) is 4.80. The molecule has 1 saturated heterocycles. The molecule has 0 aromatic rings. The third-order valence-electron chi connectivity index (χ3n) is 3.33. The highest BCUT2D eigenvalue weighted by Crippen LogP contribution is 2.14. The van der Waals surface area contributed by atoms with Crippen LogP contribution in [0.2, 0.25) is 0 Å². The fourth-order valence-corrected chi connectivity index (χ4v) is 2.17. The summed E-state index contributed by atoms with van der Waals surface area (Å²) in [4.78, 5) is 6.73. The van der Waals surface area contributed by atoms with Gasteiger partial charge in [0.25, 0.3) is 0 Å². The summed E-state index contributed by atoms with van der Waals surface area (Å²) in [5, 5.41) is 6.62. The van der Waals surface area contributed by atoms with Crippen LogP contribution in [-0.2, 0) is 0 Å². The average Bonchev–Trinajstić information content (AvgIpc) is 2.78. The lowest BCUT2D eigenvalue weighted by atomic mass is 10.1. The predicted octanol–water partition coefficient (Wildman–Crippen LogP) is 1.07. The molecule has 0 unspecified atom stereocenters. The van der Waals surface area contributed by atoms with Gasteiger partial charge in [-0.3, -0.25) is 4.99 Å². The van der Waals surface area contributed by atoms with Crippen molar-refractivity contribution >= 4 is 5.71 Å². The molecule has 0 bridgehead atoms. The molecular weight excluding hydrogens is 212 g/mol. The van der Waals surface area contributed by atoms with Crippen molar-refractivity contribution in [3.63, 3.8) is 0 Å². The maximum absolute atomic E-state index is 4.34. The predicted molar refractivity (Wildman–Crippen MR) is 74.4 cm³/mol. The summed E-state index contributed by atoms with van der Waals surface area (Å²) in [5.74, 6) is 1.64. The number of nitrogens with zero attached hydrogens (tertiary/aromatic N) is 2. The van der Waals surface area contributed by atoms with Gasteiger partial charge >= 0.3 is 0 Å². The quantitative estimate of drug-likeness (QED) is 0.704. The maximum Gasteiger partial charge on any atom is 0.103 e. The minimum Gasteiger partial charge on any atom is -0.375 e. The van der Waals surface area contributed by atoms with E-state index in [9.17, 15) is 0 Å². The largest absolute Gasteiger partial charge is 0.375 e. The van der Waals surface area contributed by atoms with Crippen LogP contribution >= 0.6 is 0 Å². The van der Waals surface area contributed by atoms with Gasteiger partial charge < -0.3 is 15.5 Å². The highest BCUT2D eigenvalue weighted by atomic mass is 15.3. The SMILES string of the molecule is C/N=C(/C=C(\NC)N1CC[C@H](NC)C1)C(C)C. The zero-order valence-corrected chi connectivity index (χ0v) is 11.7. The molecule has 1 atom stereocenters. The first-order valence-electron chi connectivity index (χ1n) is 6.40. The minimum absolute atomic E-state index is 0.464. The molecule has 0 saturated carbocycles. The van der Waals surface area contributed by atoms with E-state index < -0.39 is 0 Å². The van der Waals surface area contributed by atoms with Gasteiger partial charge in [-0.05, 0) is 25.5 Å². The van der Waals surface area contributed by atoms with Crippen molar-refractivity contribution in [2.45, 2.75) is 26.3 Å². The number of hydrogen-bond acceptors (Lipinski definition) is 4. The maximum atomic E-state index is 4.34. The third kappa shape index (κ3) is 3.73. The van der Waals surface area contributed by atoms with Crippen molar-refractivity contribution in [1.29, 1.82) is 0 Å². The summed E-state index contributed by atoms with van der Waals surface area (Å²) < 4.78 is 0. The van der Waals surface area contributed by atoms with Crippen LogP contribution in [0.25, 0.3) is 0 Å². The molecule has 17 heavy (non-hydrogen) atoms. The van der Waals surface area contributed by atoms with Crippen LogP contribution in [0.1, 0.15) is 20.3 Å². The molecule has 4 nitrogen and oxygen atoms in total. The summed E-state index contributed by atoms with van der Waals surface area (Å²) in [6.07, 6.45) is 3.37. The first-order valence-corrected chi connectivity index (χ1v) is 6.40. The van der Waals surface area contributed by atoms with Crippen molar-refractivity contribution in [3.8, 4) is 0 Å². The van der Waals surface area contributed by atoms with Crippen molar-refractivity contribution in [2.24, 2.45) is 10.9 Å². The van der Waals surface area contributed by atoms with Gasteiger partial charge in [-0.2, -0.15) is 0 Å². The second-order valence-corrected chi connectivity index (χ2v) is 4.80. The van der Waals surface area contributed by atoms with E-state index >= 15 is 0 Å². The lowest BCUT2D eigenvalue weighted by Gasteiger charge is -2.22. The molecule has 4 heteroatoms. The number of hydrogen-bond donors (Lipinski definition) is 2. The Morgan fingerprint density at radius 3 is 2.53 bits per heavy atom. The monoisotopic (exact) mass is 238 g/mol. The fraction of sp³-hybridized carbons (Fsp3) is 0.769. The Morgan fingerprint density at radius 2 is 2.12 bits per heavy atom. The van der Waals surface area contributed by atoms with Gasteiger partial charge in [0, 0.05) is 38.9 Å². The first-order chi connectivity index (χ1) is 8.12. The Labute approximate surface area is 105 Å². The van der Waals surface area contributed by atoms with E-state index in [1.807, 2.05) is 21.1 Å². The van der Waals surface area contributed by atoms with E-state index in [0.29, 0.717) is 12.0 Å². The Balaban J connectivity index is 2.74. The number of rotatable bonds is 5. The topological polar surface area (TPSA) is 39.7 Å². The molecule has 0 aromatic heterocycles. The van der Waals surface area contributed by atoms with Crippen molar-refractivity contribution < 1.29 is 0 Å². The number of likely N-dealkylation sites (tertiary alicyclic amines) is 1. The van der Waals surface area contributed by atoms with E-state index in [-0.39, 0.29) is 0 Å². The molecule has 1 aliphatic heterocycles. The number of aliphatic imine (C=N–C) groups is 1. The fourth-order valence-electron chi connectivity index (χ4n) is 2.17. The highest BCUT2D eigenvalue weighted by molar-refractivity contribution is 5.96. The normalized spacial score (nSPS) is 22.5. The van der Waals surface area contributed by atoms with Gasteiger partial charge in [0.15, 0.2) is 0 Å². The standard InChI is InChI=1S/C13H26N4/c1-10(2)12(15-4)8-13(16-5)17-7-6-11(9-17)14-3/h8,10-11,14,16H,6-7,9H2,1-5H3/b13-8+,15-12-/t11-/m0/s1. The number of allylic oxidation sites excluding steroid dienone is 1. The smallest absolute Gasteiger partial charge is 0.103 e. The van der Waals surface area contributed by atoms with E-state index in [0.717, 1.165) is 18.8 Å². The molecule has 1 fully saturated rings. The van der Waals surface area contributed by atoms with Crippen molar-refractivity contribution in [1.82, 2.24) is 15.5 Å². The van der Waals surface area contributed by atoms with Gasteiger partial charge in [-0.25, -0.2) is 0 Å². The third-order valence-corrected chi connectivity index (χ3v) is 3.33. The number of likely N-dealkylation sites (N-methyl/N-ethyl adjacent to an activating group) is 1. The molecule has 1 rings (SSSR count). The van der Waals surface area contributed by atoms with Crippen LogP contribution in [0.15, 0.2) is 16.9 Å². The van der Waals surface area contributed by atoms with Gasteiger partial charge in [-0.15, -0.1) is 0 Å². The van der Waals surface area contributed by atoms with Crippen LogP contribution in [0.4, 0.5) is 0 Å². The Bertz CT molecular complexity index is 294. The van der Waals surface area contributed by atoms with Crippen LogP contribution in [0.3, 0.4) is 0 Å². The summed E-state index contributed by atoms with van der Waals surface area (Å²) in [5.41, 5.74) is 1.14. The first kappa shape index (κ1) is 14.0. The molecule has 0 aromatic carbocycles. The van der Waals surface area contributed by atoms with Gasteiger partial charge in [-0.1, -0.05) is 13.8 Å². The van der Waals surface area contributed by atoms with E-state index in [1.165, 1.54) is 12.2 Å². The average molecular weight is 238 g/mol. The van der Waals surface area contributed by atoms with E-state index in [2.05, 4.69) is 40.4 Å². The van der Waals surface area contributed by atoms with Gasteiger partial charge in [0.2, 0.25) is 0 Å². The lowest BCUT2D eigenvalue weighted by molar-refractivity contribution is 0.388. The molecule has 0 spiro atoms. The van der Waals surface area contributed by atoms with Crippen LogP contribution in [0.5, 0.6) is 0 Å². The Hall–Kier alpha value is -1.03. The summed E-state index contributed by atoms with van der Waals surface area (Å²) >= 11 is 0. The molecular formula is C13H26N4. The zero-order valence-electron chi connectivity index (χ0n) is 11.7. The zero-order chi connectivity index (χ0) is 12.8. The molecule has 0 aliphatic carbocycles. The molecule has 1 aliphatic rings. The van der Waals surface area contributed by atoms with E-state index in [1.54, 1.807) is 0 Å². The molecule has 2 N–H and O–H groups in total. The Morgan fingerprint density at radius 1 is 1.41 bits per heavy atom. The van der Waals surface area contributed by atoms with Crippen molar-refractivity contribution in [2.75, 3.05) is 34.2 Å². The molecule has 1 heterocycles. The lowest BCUT2D eigenvalue weighted by Crippen LogP contribution is -2.33.